The lowest BCUT2D eigenvalue weighted by molar-refractivity contribution is 0.0952. The summed E-state index contributed by atoms with van der Waals surface area (Å²) in [4.78, 5) is 12.7. The van der Waals surface area contributed by atoms with Crippen LogP contribution in [0.1, 0.15) is 67.8 Å². The molecule has 0 unspecified atom stereocenters. The molecule has 1 aromatic heterocycles. The van der Waals surface area contributed by atoms with Crippen LogP contribution in [0, 0.1) is 12.8 Å². The summed E-state index contributed by atoms with van der Waals surface area (Å²) < 4.78 is 2.17. The zero-order chi connectivity index (χ0) is 16.9. The standard InChI is InChI=1S/C21H30N2O/c1-3-23-15-18(20-16(2)9-8-12-19(20)23)21(24)22-14-13-17-10-6-4-5-7-11-17/h8-9,12,15,17H,3-7,10-11,13-14H2,1-2H3,(H,22,24). The molecule has 0 radical (unpaired) electrons. The summed E-state index contributed by atoms with van der Waals surface area (Å²) >= 11 is 0. The van der Waals surface area contributed by atoms with Gasteiger partial charge in [0.25, 0.3) is 5.91 Å². The Morgan fingerprint density at radius 3 is 2.67 bits per heavy atom. The average Bonchev–Trinajstić information content (AvgIpc) is 2.77. The largest absolute Gasteiger partial charge is 0.352 e. The molecule has 1 fully saturated rings. The van der Waals surface area contributed by atoms with Gasteiger partial charge in [0.1, 0.15) is 0 Å². The molecule has 1 heterocycles. The smallest absolute Gasteiger partial charge is 0.253 e. The topological polar surface area (TPSA) is 34.0 Å². The van der Waals surface area contributed by atoms with Crippen LogP contribution in [0.3, 0.4) is 0 Å². The number of nitrogens with zero attached hydrogens (tertiary/aromatic N) is 1. The van der Waals surface area contributed by atoms with Gasteiger partial charge in [0, 0.05) is 30.2 Å². The Labute approximate surface area is 145 Å². The van der Waals surface area contributed by atoms with E-state index in [2.05, 4.69) is 41.9 Å². The second kappa shape index (κ2) is 7.87. The molecule has 1 saturated carbocycles. The first-order chi connectivity index (χ1) is 11.7. The fraction of sp³-hybridized carbons (Fsp3) is 0.571. The summed E-state index contributed by atoms with van der Waals surface area (Å²) in [5, 5.41) is 4.27. The molecule has 1 N–H and O–H groups in total. The van der Waals surface area contributed by atoms with Gasteiger partial charge in [-0.2, -0.15) is 0 Å². The predicted octanol–water partition coefficient (Wildman–Crippen LogP) is 5.06. The highest BCUT2D eigenvalue weighted by molar-refractivity contribution is 6.08. The maximum absolute atomic E-state index is 12.7. The first-order valence-corrected chi connectivity index (χ1v) is 9.57. The van der Waals surface area contributed by atoms with E-state index in [4.69, 9.17) is 0 Å². The second-order valence-electron chi connectivity index (χ2n) is 7.20. The molecule has 3 nitrogen and oxygen atoms in total. The normalized spacial score (nSPS) is 16.2. The number of aryl methyl sites for hydroxylation is 2. The summed E-state index contributed by atoms with van der Waals surface area (Å²) in [5.41, 5.74) is 3.16. The van der Waals surface area contributed by atoms with Gasteiger partial charge in [-0.05, 0) is 37.8 Å². The molecule has 2 aromatic rings. The van der Waals surface area contributed by atoms with Crippen molar-refractivity contribution in [2.24, 2.45) is 5.92 Å². The van der Waals surface area contributed by atoms with Crippen LogP contribution in [0.5, 0.6) is 0 Å². The van der Waals surface area contributed by atoms with Crippen molar-refractivity contribution < 1.29 is 4.79 Å². The molecular formula is C21H30N2O. The summed E-state index contributed by atoms with van der Waals surface area (Å²) in [6, 6.07) is 6.26. The van der Waals surface area contributed by atoms with Crippen molar-refractivity contribution >= 4 is 16.8 Å². The van der Waals surface area contributed by atoms with E-state index >= 15 is 0 Å². The van der Waals surface area contributed by atoms with Crippen LogP contribution in [0.15, 0.2) is 24.4 Å². The second-order valence-corrected chi connectivity index (χ2v) is 7.20. The van der Waals surface area contributed by atoms with Crippen LogP contribution in [0.25, 0.3) is 10.9 Å². The van der Waals surface area contributed by atoms with Crippen LogP contribution < -0.4 is 5.32 Å². The molecule has 1 aromatic carbocycles. The van der Waals surface area contributed by atoms with Gasteiger partial charge >= 0.3 is 0 Å². The Balaban J connectivity index is 1.67. The molecule has 0 bridgehead atoms. The minimum Gasteiger partial charge on any atom is -0.352 e. The summed E-state index contributed by atoms with van der Waals surface area (Å²) in [5.74, 6) is 0.877. The molecule has 0 spiro atoms. The SMILES string of the molecule is CCn1cc(C(=O)NCCC2CCCCCC2)c2c(C)cccc21. The van der Waals surface area contributed by atoms with Crippen LogP contribution in [-0.2, 0) is 6.54 Å². The van der Waals surface area contributed by atoms with Crippen molar-refractivity contribution in [2.75, 3.05) is 6.54 Å². The van der Waals surface area contributed by atoms with Crippen molar-refractivity contribution in [3.05, 3.63) is 35.5 Å². The lowest BCUT2D eigenvalue weighted by Crippen LogP contribution is -2.26. The highest BCUT2D eigenvalue weighted by atomic mass is 16.1. The molecule has 3 rings (SSSR count). The number of carbonyl (C=O) groups excluding carboxylic acids is 1. The number of fused-ring (bicyclic) bond motifs is 1. The van der Waals surface area contributed by atoms with E-state index in [-0.39, 0.29) is 5.91 Å². The lowest BCUT2D eigenvalue weighted by Gasteiger charge is -2.14. The maximum atomic E-state index is 12.7. The van der Waals surface area contributed by atoms with E-state index in [0.717, 1.165) is 41.9 Å². The fourth-order valence-electron chi connectivity index (χ4n) is 4.10. The minimum atomic E-state index is 0.0788. The third kappa shape index (κ3) is 3.66. The van der Waals surface area contributed by atoms with Crippen molar-refractivity contribution in [3.8, 4) is 0 Å². The number of aromatic nitrogens is 1. The number of hydrogen-bond acceptors (Lipinski definition) is 1. The van der Waals surface area contributed by atoms with E-state index in [1.165, 1.54) is 44.1 Å². The van der Waals surface area contributed by atoms with E-state index in [9.17, 15) is 4.79 Å². The van der Waals surface area contributed by atoms with Crippen molar-refractivity contribution in [1.82, 2.24) is 9.88 Å². The zero-order valence-corrected chi connectivity index (χ0v) is 15.1. The van der Waals surface area contributed by atoms with Crippen LogP contribution in [0.4, 0.5) is 0 Å². The van der Waals surface area contributed by atoms with Crippen molar-refractivity contribution in [2.45, 2.75) is 65.3 Å². The molecule has 0 atom stereocenters. The molecule has 130 valence electrons. The van der Waals surface area contributed by atoms with Gasteiger partial charge in [0.15, 0.2) is 0 Å². The van der Waals surface area contributed by atoms with Gasteiger partial charge in [-0.1, -0.05) is 50.7 Å². The highest BCUT2D eigenvalue weighted by Gasteiger charge is 2.17. The van der Waals surface area contributed by atoms with E-state index in [0.29, 0.717) is 0 Å². The Morgan fingerprint density at radius 2 is 1.96 bits per heavy atom. The third-order valence-electron chi connectivity index (χ3n) is 5.51. The van der Waals surface area contributed by atoms with Gasteiger partial charge in [-0.15, -0.1) is 0 Å². The number of nitrogens with one attached hydrogen (secondary N) is 1. The van der Waals surface area contributed by atoms with E-state index in [1.54, 1.807) is 0 Å². The monoisotopic (exact) mass is 326 g/mol. The van der Waals surface area contributed by atoms with Gasteiger partial charge in [0.2, 0.25) is 0 Å². The van der Waals surface area contributed by atoms with Gasteiger partial charge in [0.05, 0.1) is 5.56 Å². The molecule has 0 aliphatic heterocycles. The Kier molecular flexibility index (Phi) is 5.60. The van der Waals surface area contributed by atoms with E-state index in [1.807, 2.05) is 6.20 Å². The molecule has 24 heavy (non-hydrogen) atoms. The molecule has 1 amide bonds. The van der Waals surface area contributed by atoms with Gasteiger partial charge < -0.3 is 9.88 Å². The number of rotatable bonds is 5. The quantitative estimate of drug-likeness (QED) is 0.766. The zero-order valence-electron chi connectivity index (χ0n) is 15.1. The minimum absolute atomic E-state index is 0.0788. The summed E-state index contributed by atoms with van der Waals surface area (Å²) in [6.45, 7) is 5.89. The fourth-order valence-corrected chi connectivity index (χ4v) is 4.10. The van der Waals surface area contributed by atoms with Gasteiger partial charge in [-0.3, -0.25) is 4.79 Å². The van der Waals surface area contributed by atoms with Gasteiger partial charge in [-0.25, -0.2) is 0 Å². The predicted molar refractivity (Wildman–Crippen MR) is 100 cm³/mol. The number of benzene rings is 1. The highest BCUT2D eigenvalue weighted by Crippen LogP contribution is 2.26. The third-order valence-corrected chi connectivity index (χ3v) is 5.51. The molecule has 1 aliphatic carbocycles. The first-order valence-electron chi connectivity index (χ1n) is 9.57. The number of amides is 1. The van der Waals surface area contributed by atoms with E-state index < -0.39 is 0 Å². The van der Waals surface area contributed by atoms with Crippen LogP contribution in [0.2, 0.25) is 0 Å². The van der Waals surface area contributed by atoms with Crippen LogP contribution >= 0.6 is 0 Å². The Morgan fingerprint density at radius 1 is 1.21 bits per heavy atom. The molecule has 0 saturated heterocycles. The lowest BCUT2D eigenvalue weighted by atomic mass is 9.96. The molecule has 3 heteroatoms. The van der Waals surface area contributed by atoms with Crippen LogP contribution in [-0.4, -0.2) is 17.0 Å². The number of hydrogen-bond donors (Lipinski definition) is 1. The summed E-state index contributed by atoms with van der Waals surface area (Å²) in [7, 11) is 0. The average molecular weight is 326 g/mol. The number of carbonyl (C=O) groups is 1. The molecular weight excluding hydrogens is 296 g/mol. The van der Waals surface area contributed by atoms with Crippen molar-refractivity contribution in [3.63, 3.8) is 0 Å². The summed E-state index contributed by atoms with van der Waals surface area (Å²) in [6.07, 6.45) is 11.3. The van der Waals surface area contributed by atoms with Crippen molar-refractivity contribution in [1.29, 1.82) is 0 Å². The first kappa shape index (κ1) is 17.1. The maximum Gasteiger partial charge on any atom is 0.253 e. The Bertz CT molecular complexity index is 693. The molecule has 1 aliphatic rings. The Hall–Kier alpha value is -1.77.